The third-order valence-corrected chi connectivity index (χ3v) is 3.30. The van der Waals surface area contributed by atoms with Crippen LogP contribution in [0.3, 0.4) is 0 Å². The standard InChI is InChI=1S/C12H16ClN3O2/c13-11-10(5-9(14)7-15-11)12(17)16-6-8-1-3-18-4-2-8/h5,7-8H,1-4,6,14H2,(H,16,17). The topological polar surface area (TPSA) is 77.2 Å². The van der Waals surface area contributed by atoms with Crippen LogP contribution in [0.15, 0.2) is 12.3 Å². The molecule has 0 spiro atoms. The van der Waals surface area contributed by atoms with E-state index < -0.39 is 0 Å². The first-order valence-corrected chi connectivity index (χ1v) is 6.31. The van der Waals surface area contributed by atoms with Crippen LogP contribution in [0.1, 0.15) is 23.2 Å². The van der Waals surface area contributed by atoms with E-state index >= 15 is 0 Å². The lowest BCUT2D eigenvalue weighted by atomic mass is 10.0. The maximum Gasteiger partial charge on any atom is 0.254 e. The smallest absolute Gasteiger partial charge is 0.254 e. The Kier molecular flexibility index (Phi) is 4.38. The number of hydrogen-bond acceptors (Lipinski definition) is 4. The molecular weight excluding hydrogens is 254 g/mol. The van der Waals surface area contributed by atoms with E-state index in [-0.39, 0.29) is 11.1 Å². The molecule has 0 unspecified atom stereocenters. The summed E-state index contributed by atoms with van der Waals surface area (Å²) in [5.74, 6) is 0.238. The molecule has 0 atom stereocenters. The molecule has 3 N–H and O–H groups in total. The van der Waals surface area contributed by atoms with Crippen LogP contribution in [0, 0.1) is 5.92 Å². The Labute approximate surface area is 111 Å². The molecule has 1 aliphatic heterocycles. The SMILES string of the molecule is Nc1cnc(Cl)c(C(=O)NCC2CCOCC2)c1. The van der Waals surface area contributed by atoms with Gasteiger partial charge in [0.05, 0.1) is 17.4 Å². The van der Waals surface area contributed by atoms with Gasteiger partial charge >= 0.3 is 0 Å². The number of nitrogens with two attached hydrogens (primary N) is 1. The Morgan fingerprint density at radius 1 is 1.56 bits per heavy atom. The van der Waals surface area contributed by atoms with E-state index in [2.05, 4.69) is 10.3 Å². The molecule has 0 radical (unpaired) electrons. The van der Waals surface area contributed by atoms with Gasteiger partial charge in [0.2, 0.25) is 0 Å². The van der Waals surface area contributed by atoms with Gasteiger partial charge in [-0.15, -0.1) is 0 Å². The highest BCUT2D eigenvalue weighted by molar-refractivity contribution is 6.32. The van der Waals surface area contributed by atoms with Gasteiger partial charge in [0.25, 0.3) is 5.91 Å². The quantitative estimate of drug-likeness (QED) is 0.815. The van der Waals surface area contributed by atoms with Crippen LogP contribution < -0.4 is 11.1 Å². The molecule has 1 saturated heterocycles. The second kappa shape index (κ2) is 6.02. The highest BCUT2D eigenvalue weighted by Crippen LogP contribution is 2.17. The Bertz CT molecular complexity index is 433. The van der Waals surface area contributed by atoms with Crippen molar-refractivity contribution in [2.75, 3.05) is 25.5 Å². The van der Waals surface area contributed by atoms with E-state index in [0.29, 0.717) is 23.7 Å². The fourth-order valence-electron chi connectivity index (χ4n) is 1.91. The average Bonchev–Trinajstić information content (AvgIpc) is 2.40. The lowest BCUT2D eigenvalue weighted by molar-refractivity contribution is 0.0642. The lowest BCUT2D eigenvalue weighted by Crippen LogP contribution is -2.32. The first-order valence-electron chi connectivity index (χ1n) is 5.94. The van der Waals surface area contributed by atoms with Gasteiger partial charge in [-0.2, -0.15) is 0 Å². The summed E-state index contributed by atoms with van der Waals surface area (Å²) < 4.78 is 5.27. The maximum atomic E-state index is 11.9. The van der Waals surface area contributed by atoms with Crippen molar-refractivity contribution in [2.45, 2.75) is 12.8 Å². The second-order valence-corrected chi connectivity index (χ2v) is 4.73. The Balaban J connectivity index is 1.92. The molecule has 18 heavy (non-hydrogen) atoms. The first kappa shape index (κ1) is 13.1. The monoisotopic (exact) mass is 269 g/mol. The van der Waals surface area contributed by atoms with Crippen LogP contribution in [0.25, 0.3) is 0 Å². The summed E-state index contributed by atoms with van der Waals surface area (Å²) in [4.78, 5) is 15.8. The zero-order chi connectivity index (χ0) is 13.0. The molecule has 0 aromatic carbocycles. The molecule has 0 bridgehead atoms. The van der Waals surface area contributed by atoms with Crippen LogP contribution in [-0.2, 0) is 4.74 Å². The van der Waals surface area contributed by atoms with Gasteiger partial charge in [0.15, 0.2) is 0 Å². The number of nitrogens with zero attached hydrogens (tertiary/aromatic N) is 1. The average molecular weight is 270 g/mol. The van der Waals surface area contributed by atoms with Gasteiger partial charge in [-0.3, -0.25) is 4.79 Å². The molecule has 0 aliphatic carbocycles. The fraction of sp³-hybridized carbons (Fsp3) is 0.500. The van der Waals surface area contributed by atoms with E-state index in [9.17, 15) is 4.79 Å². The number of carbonyl (C=O) groups is 1. The summed E-state index contributed by atoms with van der Waals surface area (Å²) in [7, 11) is 0. The predicted octanol–water partition coefficient (Wildman–Crippen LogP) is 1.47. The largest absolute Gasteiger partial charge is 0.397 e. The van der Waals surface area contributed by atoms with Gasteiger partial charge in [-0.05, 0) is 24.8 Å². The third kappa shape index (κ3) is 3.34. The molecule has 1 amide bonds. The number of halogens is 1. The molecule has 5 nitrogen and oxygen atoms in total. The van der Waals surface area contributed by atoms with Gasteiger partial charge in [0, 0.05) is 19.8 Å². The van der Waals surface area contributed by atoms with Crippen molar-refractivity contribution in [2.24, 2.45) is 5.92 Å². The fourth-order valence-corrected chi connectivity index (χ4v) is 2.10. The van der Waals surface area contributed by atoms with E-state index in [4.69, 9.17) is 22.1 Å². The third-order valence-electron chi connectivity index (χ3n) is 3.00. The van der Waals surface area contributed by atoms with E-state index in [1.54, 1.807) is 0 Å². The normalized spacial score (nSPS) is 16.5. The molecule has 2 rings (SSSR count). The Morgan fingerprint density at radius 2 is 2.28 bits per heavy atom. The van der Waals surface area contributed by atoms with Gasteiger partial charge in [0.1, 0.15) is 5.15 Å². The molecular formula is C12H16ClN3O2. The molecule has 2 heterocycles. The van der Waals surface area contributed by atoms with E-state index in [1.807, 2.05) is 0 Å². The van der Waals surface area contributed by atoms with Crippen LogP contribution in [0.5, 0.6) is 0 Å². The van der Waals surface area contributed by atoms with Crippen molar-refractivity contribution in [3.05, 3.63) is 23.0 Å². The first-order chi connectivity index (χ1) is 8.66. The molecule has 1 fully saturated rings. The van der Waals surface area contributed by atoms with Crippen molar-refractivity contribution in [3.63, 3.8) is 0 Å². The second-order valence-electron chi connectivity index (χ2n) is 4.37. The van der Waals surface area contributed by atoms with Crippen molar-refractivity contribution >= 4 is 23.2 Å². The highest BCUT2D eigenvalue weighted by Gasteiger charge is 2.17. The number of amides is 1. The summed E-state index contributed by atoms with van der Waals surface area (Å²) in [6.07, 6.45) is 3.38. The highest BCUT2D eigenvalue weighted by atomic mass is 35.5. The van der Waals surface area contributed by atoms with Crippen LogP contribution in [0.4, 0.5) is 5.69 Å². The maximum absolute atomic E-state index is 11.9. The summed E-state index contributed by atoms with van der Waals surface area (Å²) in [6, 6.07) is 1.54. The van der Waals surface area contributed by atoms with Crippen molar-refractivity contribution in [3.8, 4) is 0 Å². The molecule has 1 aromatic heterocycles. The number of anilines is 1. The summed E-state index contributed by atoms with van der Waals surface area (Å²) >= 11 is 5.87. The summed E-state index contributed by atoms with van der Waals surface area (Å²) in [5, 5.41) is 3.04. The van der Waals surface area contributed by atoms with Crippen molar-refractivity contribution in [1.82, 2.24) is 10.3 Å². The molecule has 6 heteroatoms. The van der Waals surface area contributed by atoms with Gasteiger partial charge in [-0.1, -0.05) is 11.6 Å². The predicted molar refractivity (Wildman–Crippen MR) is 69.5 cm³/mol. The minimum atomic E-state index is -0.230. The Morgan fingerprint density at radius 3 is 3.00 bits per heavy atom. The van der Waals surface area contributed by atoms with E-state index in [0.717, 1.165) is 26.1 Å². The number of rotatable bonds is 3. The zero-order valence-corrected chi connectivity index (χ0v) is 10.7. The number of nitrogen functional groups attached to an aromatic ring is 1. The lowest BCUT2D eigenvalue weighted by Gasteiger charge is -2.22. The van der Waals surface area contributed by atoms with Crippen LogP contribution >= 0.6 is 11.6 Å². The van der Waals surface area contributed by atoms with Crippen LogP contribution in [0.2, 0.25) is 5.15 Å². The number of ether oxygens (including phenoxy) is 1. The summed E-state index contributed by atoms with van der Waals surface area (Å²) in [6.45, 7) is 2.16. The summed E-state index contributed by atoms with van der Waals surface area (Å²) in [5.41, 5.74) is 6.34. The van der Waals surface area contributed by atoms with Crippen molar-refractivity contribution in [1.29, 1.82) is 0 Å². The minimum Gasteiger partial charge on any atom is -0.397 e. The van der Waals surface area contributed by atoms with Crippen LogP contribution in [-0.4, -0.2) is 30.6 Å². The number of hydrogen-bond donors (Lipinski definition) is 2. The van der Waals surface area contributed by atoms with E-state index in [1.165, 1.54) is 12.3 Å². The molecule has 1 aliphatic rings. The number of nitrogens with one attached hydrogen (secondary N) is 1. The number of pyridine rings is 1. The number of carbonyl (C=O) groups excluding carboxylic acids is 1. The molecule has 98 valence electrons. The number of aromatic nitrogens is 1. The molecule has 0 saturated carbocycles. The Hall–Kier alpha value is -1.33. The zero-order valence-electron chi connectivity index (χ0n) is 9.99. The van der Waals surface area contributed by atoms with Gasteiger partial charge in [-0.25, -0.2) is 4.98 Å². The van der Waals surface area contributed by atoms with Gasteiger partial charge < -0.3 is 15.8 Å². The van der Waals surface area contributed by atoms with Crippen molar-refractivity contribution < 1.29 is 9.53 Å². The molecule has 1 aromatic rings. The minimum absolute atomic E-state index is 0.175.